The molecule has 30 heavy (non-hydrogen) atoms. The molecule has 1 heterocycles. The molecule has 1 saturated heterocycles. The quantitative estimate of drug-likeness (QED) is 0.717. The monoisotopic (exact) mass is 414 g/mol. The van der Waals surface area contributed by atoms with Gasteiger partial charge in [0.2, 0.25) is 17.7 Å². The number of likely N-dealkylation sites (N-methyl/N-ethyl adjacent to an activating group) is 1. The number of rotatable bonds is 6. The zero-order chi connectivity index (χ0) is 22.3. The van der Waals surface area contributed by atoms with Gasteiger partial charge in [-0.15, -0.1) is 0 Å². The molecule has 1 N–H and O–H groups in total. The highest BCUT2D eigenvalue weighted by atomic mass is 16.2. The molecule has 7 heteroatoms. The molecule has 0 radical (unpaired) electrons. The van der Waals surface area contributed by atoms with E-state index in [1.165, 1.54) is 11.0 Å². The summed E-state index contributed by atoms with van der Waals surface area (Å²) in [5.74, 6) is -0.289. The van der Waals surface area contributed by atoms with Gasteiger partial charge in [-0.3, -0.25) is 19.3 Å². The van der Waals surface area contributed by atoms with Crippen LogP contribution in [-0.2, 0) is 14.4 Å². The molecule has 3 amide bonds. The van der Waals surface area contributed by atoms with Gasteiger partial charge in [0, 0.05) is 44.8 Å². The van der Waals surface area contributed by atoms with Crippen molar-refractivity contribution in [1.82, 2.24) is 20.0 Å². The Morgan fingerprint density at radius 1 is 1.07 bits per heavy atom. The van der Waals surface area contributed by atoms with Crippen LogP contribution in [0.25, 0.3) is 6.08 Å². The highest BCUT2D eigenvalue weighted by Crippen LogP contribution is 2.07. The normalized spacial score (nSPS) is 15.3. The number of hydrogen-bond acceptors (Lipinski definition) is 4. The van der Waals surface area contributed by atoms with Crippen LogP contribution in [0, 0.1) is 6.92 Å². The molecule has 0 spiro atoms. The number of nitrogens with one attached hydrogen (secondary N) is 1. The van der Waals surface area contributed by atoms with Crippen molar-refractivity contribution in [3.8, 4) is 0 Å². The van der Waals surface area contributed by atoms with E-state index in [1.807, 2.05) is 56.9 Å². The second-order valence-electron chi connectivity index (χ2n) is 8.89. The summed E-state index contributed by atoms with van der Waals surface area (Å²) in [5.41, 5.74) is 1.86. The Morgan fingerprint density at radius 3 is 2.23 bits per heavy atom. The van der Waals surface area contributed by atoms with Crippen LogP contribution in [0.3, 0.4) is 0 Å². The van der Waals surface area contributed by atoms with Gasteiger partial charge < -0.3 is 15.1 Å². The topological polar surface area (TPSA) is 73.0 Å². The molecule has 1 fully saturated rings. The van der Waals surface area contributed by atoms with Gasteiger partial charge in [-0.05, 0) is 39.3 Å². The van der Waals surface area contributed by atoms with Crippen LogP contribution in [0.2, 0.25) is 0 Å². The SMILES string of the molecule is Cc1ccc(/C=C/C(=O)N(C)CC(=O)N2CCN(CC(=O)NC(C)(C)C)CC2)cc1. The Morgan fingerprint density at radius 2 is 1.67 bits per heavy atom. The second-order valence-corrected chi connectivity index (χ2v) is 8.89. The maximum atomic E-state index is 12.6. The number of amides is 3. The minimum absolute atomic E-state index is 0.00651. The van der Waals surface area contributed by atoms with Crippen LogP contribution < -0.4 is 5.32 Å². The van der Waals surface area contributed by atoms with Gasteiger partial charge in [0.1, 0.15) is 0 Å². The van der Waals surface area contributed by atoms with Crippen molar-refractivity contribution in [2.45, 2.75) is 33.2 Å². The molecule has 1 aromatic rings. The minimum atomic E-state index is -0.250. The first-order chi connectivity index (χ1) is 14.0. The summed E-state index contributed by atoms with van der Waals surface area (Å²) < 4.78 is 0. The number of hydrogen-bond donors (Lipinski definition) is 1. The van der Waals surface area contributed by atoms with E-state index >= 15 is 0 Å². The van der Waals surface area contributed by atoms with Gasteiger partial charge in [0.15, 0.2) is 0 Å². The average Bonchev–Trinajstić information content (AvgIpc) is 2.66. The van der Waals surface area contributed by atoms with Crippen LogP contribution in [0.15, 0.2) is 30.3 Å². The minimum Gasteiger partial charge on any atom is -0.350 e. The molecule has 1 aliphatic heterocycles. The van der Waals surface area contributed by atoms with Gasteiger partial charge in [-0.2, -0.15) is 0 Å². The second kappa shape index (κ2) is 10.4. The zero-order valence-electron chi connectivity index (χ0n) is 18.8. The molecular formula is C23H34N4O3. The molecule has 0 aliphatic carbocycles. The summed E-state index contributed by atoms with van der Waals surface area (Å²) in [6.45, 7) is 10.7. The van der Waals surface area contributed by atoms with Gasteiger partial charge in [-0.1, -0.05) is 29.8 Å². The molecule has 164 valence electrons. The molecule has 7 nitrogen and oxygen atoms in total. The molecule has 0 atom stereocenters. The van der Waals surface area contributed by atoms with Crippen molar-refractivity contribution in [3.05, 3.63) is 41.5 Å². The lowest BCUT2D eigenvalue weighted by molar-refractivity contribution is -0.138. The lowest BCUT2D eigenvalue weighted by Crippen LogP contribution is -2.54. The molecule has 1 aliphatic rings. The summed E-state index contributed by atoms with van der Waals surface area (Å²) in [6.07, 6.45) is 3.24. The van der Waals surface area contributed by atoms with Crippen molar-refractivity contribution in [3.63, 3.8) is 0 Å². The Balaban J connectivity index is 1.76. The fourth-order valence-corrected chi connectivity index (χ4v) is 3.17. The van der Waals surface area contributed by atoms with E-state index < -0.39 is 0 Å². The lowest BCUT2D eigenvalue weighted by atomic mass is 10.1. The van der Waals surface area contributed by atoms with Crippen molar-refractivity contribution in [1.29, 1.82) is 0 Å². The Hall–Kier alpha value is -2.67. The van der Waals surface area contributed by atoms with Gasteiger partial charge in [0.25, 0.3) is 0 Å². The first-order valence-corrected chi connectivity index (χ1v) is 10.3. The molecule has 0 bridgehead atoms. The van der Waals surface area contributed by atoms with E-state index in [9.17, 15) is 14.4 Å². The number of piperazine rings is 1. The number of nitrogens with zero attached hydrogens (tertiary/aromatic N) is 3. The van der Waals surface area contributed by atoms with E-state index in [-0.39, 0.29) is 29.8 Å². The Bertz CT molecular complexity index is 773. The molecule has 0 saturated carbocycles. The summed E-state index contributed by atoms with van der Waals surface area (Å²) in [7, 11) is 1.63. The van der Waals surface area contributed by atoms with Crippen molar-refractivity contribution in [2.75, 3.05) is 46.3 Å². The predicted octanol–water partition coefficient (Wildman–Crippen LogP) is 1.53. The summed E-state index contributed by atoms with van der Waals surface area (Å²) in [4.78, 5) is 42.1. The fourth-order valence-electron chi connectivity index (χ4n) is 3.17. The zero-order valence-corrected chi connectivity index (χ0v) is 18.8. The number of carbonyl (C=O) groups excluding carboxylic acids is 3. The average molecular weight is 415 g/mol. The van der Waals surface area contributed by atoms with Crippen LogP contribution in [0.5, 0.6) is 0 Å². The number of benzene rings is 1. The van der Waals surface area contributed by atoms with Crippen molar-refractivity contribution >= 4 is 23.8 Å². The largest absolute Gasteiger partial charge is 0.350 e. The first-order valence-electron chi connectivity index (χ1n) is 10.3. The van der Waals surface area contributed by atoms with Crippen LogP contribution in [0.4, 0.5) is 0 Å². The summed E-state index contributed by atoms with van der Waals surface area (Å²) in [5, 5.41) is 2.95. The maximum Gasteiger partial charge on any atom is 0.246 e. The van der Waals surface area contributed by atoms with E-state index in [0.717, 1.165) is 11.1 Å². The summed E-state index contributed by atoms with van der Waals surface area (Å²) in [6, 6.07) is 7.88. The first kappa shape index (κ1) is 23.6. The Labute approximate surface area is 179 Å². The molecular weight excluding hydrogens is 380 g/mol. The van der Waals surface area contributed by atoms with Crippen LogP contribution in [-0.4, -0.2) is 84.3 Å². The third kappa shape index (κ3) is 7.99. The van der Waals surface area contributed by atoms with E-state index in [4.69, 9.17) is 0 Å². The third-order valence-electron chi connectivity index (χ3n) is 4.85. The van der Waals surface area contributed by atoms with Crippen LogP contribution >= 0.6 is 0 Å². The number of aryl methyl sites for hydroxylation is 1. The predicted molar refractivity (Wildman–Crippen MR) is 119 cm³/mol. The van der Waals surface area contributed by atoms with Gasteiger partial charge in [-0.25, -0.2) is 0 Å². The standard InChI is InChI=1S/C23H34N4O3/c1-18-6-8-19(9-7-18)10-11-21(29)25(5)17-22(30)27-14-12-26(13-15-27)16-20(28)24-23(2,3)4/h6-11H,12-17H2,1-5H3,(H,24,28)/b11-10+. The number of carbonyl (C=O) groups is 3. The molecule has 0 unspecified atom stereocenters. The van der Waals surface area contributed by atoms with E-state index in [2.05, 4.69) is 5.32 Å². The Kier molecular flexibility index (Phi) is 8.17. The van der Waals surface area contributed by atoms with Crippen molar-refractivity contribution < 1.29 is 14.4 Å². The van der Waals surface area contributed by atoms with Gasteiger partial charge >= 0.3 is 0 Å². The fraction of sp³-hybridized carbons (Fsp3) is 0.522. The third-order valence-corrected chi connectivity index (χ3v) is 4.85. The van der Waals surface area contributed by atoms with Crippen molar-refractivity contribution in [2.24, 2.45) is 0 Å². The summed E-state index contributed by atoms with van der Waals surface area (Å²) >= 11 is 0. The molecule has 1 aromatic carbocycles. The van der Waals surface area contributed by atoms with E-state index in [0.29, 0.717) is 32.7 Å². The molecule has 2 rings (SSSR count). The molecule has 0 aromatic heterocycles. The van der Waals surface area contributed by atoms with Gasteiger partial charge in [0.05, 0.1) is 13.1 Å². The lowest BCUT2D eigenvalue weighted by Gasteiger charge is -2.35. The maximum absolute atomic E-state index is 12.6. The highest BCUT2D eigenvalue weighted by Gasteiger charge is 2.24. The van der Waals surface area contributed by atoms with Crippen LogP contribution in [0.1, 0.15) is 31.9 Å². The smallest absolute Gasteiger partial charge is 0.246 e. The highest BCUT2D eigenvalue weighted by molar-refractivity contribution is 5.94. The van der Waals surface area contributed by atoms with E-state index in [1.54, 1.807) is 18.0 Å².